The Morgan fingerprint density at radius 3 is 2.57 bits per heavy atom. The number of hydrogen-bond donors (Lipinski definition) is 1. The summed E-state index contributed by atoms with van der Waals surface area (Å²) in [5.41, 5.74) is 1.80. The molecule has 0 aliphatic rings. The first-order valence-corrected chi connectivity index (χ1v) is 6.38. The summed E-state index contributed by atoms with van der Waals surface area (Å²) in [6.07, 6.45) is 0. The molecule has 0 amide bonds. The third kappa shape index (κ3) is 3.37. The number of hydrogen-bond acceptors (Lipinski definition) is 3. The SMILES string of the molecule is COC(=O)c1cc(NCc2ccccc2C)c(F)cc1F. The van der Waals surface area contributed by atoms with E-state index in [0.29, 0.717) is 12.6 Å². The van der Waals surface area contributed by atoms with Crippen LogP contribution in [0.2, 0.25) is 0 Å². The van der Waals surface area contributed by atoms with Crippen molar-refractivity contribution in [1.29, 1.82) is 0 Å². The van der Waals surface area contributed by atoms with Crippen molar-refractivity contribution >= 4 is 11.7 Å². The van der Waals surface area contributed by atoms with Gasteiger partial charge in [-0.3, -0.25) is 0 Å². The van der Waals surface area contributed by atoms with Crippen LogP contribution < -0.4 is 5.32 Å². The maximum Gasteiger partial charge on any atom is 0.340 e. The first kappa shape index (κ1) is 15.0. The normalized spacial score (nSPS) is 10.3. The van der Waals surface area contributed by atoms with Crippen LogP contribution in [0.5, 0.6) is 0 Å². The van der Waals surface area contributed by atoms with Crippen LogP contribution in [0.25, 0.3) is 0 Å². The second-order valence-corrected chi connectivity index (χ2v) is 4.58. The van der Waals surface area contributed by atoms with Crippen LogP contribution in [0.15, 0.2) is 36.4 Å². The fourth-order valence-corrected chi connectivity index (χ4v) is 1.95. The lowest BCUT2D eigenvalue weighted by molar-refractivity contribution is 0.0595. The quantitative estimate of drug-likeness (QED) is 0.873. The molecule has 0 fully saturated rings. The molecule has 2 rings (SSSR count). The minimum absolute atomic E-state index is 0.0556. The monoisotopic (exact) mass is 291 g/mol. The Balaban J connectivity index is 2.24. The van der Waals surface area contributed by atoms with Gasteiger partial charge in [-0.1, -0.05) is 24.3 Å². The van der Waals surface area contributed by atoms with E-state index in [2.05, 4.69) is 10.1 Å². The average molecular weight is 291 g/mol. The van der Waals surface area contributed by atoms with Crippen molar-refractivity contribution in [2.75, 3.05) is 12.4 Å². The van der Waals surface area contributed by atoms with Gasteiger partial charge < -0.3 is 10.1 Å². The van der Waals surface area contributed by atoms with Crippen LogP contribution in [-0.4, -0.2) is 13.1 Å². The highest BCUT2D eigenvalue weighted by atomic mass is 19.1. The number of benzene rings is 2. The Hall–Kier alpha value is -2.43. The zero-order valence-electron chi connectivity index (χ0n) is 11.7. The highest BCUT2D eigenvalue weighted by Gasteiger charge is 2.16. The number of halogens is 2. The summed E-state index contributed by atoms with van der Waals surface area (Å²) in [5.74, 6) is -2.54. The molecular formula is C16H15F2NO2. The highest BCUT2D eigenvalue weighted by Crippen LogP contribution is 2.21. The van der Waals surface area contributed by atoms with Gasteiger partial charge in [-0.15, -0.1) is 0 Å². The fraction of sp³-hybridized carbons (Fsp3) is 0.188. The van der Waals surface area contributed by atoms with Gasteiger partial charge in [0.25, 0.3) is 0 Å². The standard InChI is InChI=1S/C16H15F2NO2/c1-10-5-3-4-6-11(10)9-19-15-7-12(16(20)21-2)13(17)8-14(15)18/h3-8,19H,9H2,1-2H3. The third-order valence-corrected chi connectivity index (χ3v) is 3.19. The molecule has 0 radical (unpaired) electrons. The molecule has 0 heterocycles. The lowest BCUT2D eigenvalue weighted by Crippen LogP contribution is -2.09. The van der Waals surface area contributed by atoms with E-state index in [9.17, 15) is 13.6 Å². The van der Waals surface area contributed by atoms with Crippen molar-refractivity contribution in [3.05, 3.63) is 64.7 Å². The molecule has 0 atom stereocenters. The van der Waals surface area contributed by atoms with Gasteiger partial charge in [-0.2, -0.15) is 0 Å². The molecule has 0 bridgehead atoms. The molecule has 3 nitrogen and oxygen atoms in total. The summed E-state index contributed by atoms with van der Waals surface area (Å²) >= 11 is 0. The largest absolute Gasteiger partial charge is 0.465 e. The second-order valence-electron chi connectivity index (χ2n) is 4.58. The number of esters is 1. The molecule has 110 valence electrons. The first-order chi connectivity index (χ1) is 10.0. The van der Waals surface area contributed by atoms with Crippen molar-refractivity contribution in [3.63, 3.8) is 0 Å². The maximum atomic E-state index is 13.7. The molecule has 0 saturated heterocycles. The van der Waals surface area contributed by atoms with E-state index < -0.39 is 17.6 Å². The Morgan fingerprint density at radius 1 is 1.19 bits per heavy atom. The van der Waals surface area contributed by atoms with Crippen LogP contribution >= 0.6 is 0 Å². The Bertz CT molecular complexity index is 671. The zero-order chi connectivity index (χ0) is 15.4. The number of aryl methyl sites for hydroxylation is 1. The van der Waals surface area contributed by atoms with E-state index in [1.54, 1.807) is 0 Å². The summed E-state index contributed by atoms with van der Waals surface area (Å²) < 4.78 is 31.7. The van der Waals surface area contributed by atoms with Gasteiger partial charge in [0.1, 0.15) is 11.6 Å². The summed E-state index contributed by atoms with van der Waals surface area (Å²) in [6, 6.07) is 9.43. The predicted octanol–water partition coefficient (Wildman–Crippen LogP) is 3.67. The fourth-order valence-electron chi connectivity index (χ4n) is 1.95. The molecule has 2 aromatic carbocycles. The smallest absolute Gasteiger partial charge is 0.340 e. The molecule has 2 aromatic rings. The van der Waals surface area contributed by atoms with Gasteiger partial charge in [0, 0.05) is 12.6 Å². The van der Waals surface area contributed by atoms with Gasteiger partial charge in [0.05, 0.1) is 18.4 Å². The molecule has 0 aromatic heterocycles. The van der Waals surface area contributed by atoms with Crippen LogP contribution in [-0.2, 0) is 11.3 Å². The summed E-state index contributed by atoms with van der Waals surface area (Å²) in [5, 5.41) is 2.87. The minimum Gasteiger partial charge on any atom is -0.465 e. The number of methoxy groups -OCH3 is 1. The number of carbonyl (C=O) groups excluding carboxylic acids is 1. The van der Waals surface area contributed by atoms with Gasteiger partial charge in [-0.05, 0) is 24.1 Å². The molecule has 0 saturated carbocycles. The van der Waals surface area contributed by atoms with Gasteiger partial charge in [0.2, 0.25) is 0 Å². The zero-order valence-corrected chi connectivity index (χ0v) is 11.7. The number of nitrogens with one attached hydrogen (secondary N) is 1. The Morgan fingerprint density at radius 2 is 1.90 bits per heavy atom. The molecule has 1 N–H and O–H groups in total. The number of rotatable bonds is 4. The van der Waals surface area contributed by atoms with E-state index in [0.717, 1.165) is 24.3 Å². The second kappa shape index (κ2) is 6.35. The molecule has 0 unspecified atom stereocenters. The number of anilines is 1. The average Bonchev–Trinajstić information content (AvgIpc) is 2.47. The van der Waals surface area contributed by atoms with Gasteiger partial charge >= 0.3 is 5.97 Å². The molecular weight excluding hydrogens is 276 g/mol. The first-order valence-electron chi connectivity index (χ1n) is 6.38. The van der Waals surface area contributed by atoms with Gasteiger partial charge in [0.15, 0.2) is 0 Å². The lowest BCUT2D eigenvalue weighted by atomic mass is 10.1. The van der Waals surface area contributed by atoms with Gasteiger partial charge in [-0.25, -0.2) is 13.6 Å². The molecule has 0 aliphatic carbocycles. The minimum atomic E-state index is -0.944. The Kier molecular flexibility index (Phi) is 4.52. The van der Waals surface area contributed by atoms with Crippen molar-refractivity contribution in [3.8, 4) is 0 Å². The molecule has 5 heteroatoms. The number of ether oxygens (including phenoxy) is 1. The van der Waals surface area contributed by atoms with Crippen LogP contribution in [0, 0.1) is 18.6 Å². The topological polar surface area (TPSA) is 38.3 Å². The molecule has 0 aliphatic heterocycles. The van der Waals surface area contributed by atoms with Crippen molar-refractivity contribution in [2.45, 2.75) is 13.5 Å². The lowest BCUT2D eigenvalue weighted by Gasteiger charge is -2.11. The third-order valence-electron chi connectivity index (χ3n) is 3.19. The molecule has 0 spiro atoms. The highest BCUT2D eigenvalue weighted by molar-refractivity contribution is 5.90. The van der Waals surface area contributed by atoms with Crippen molar-refractivity contribution in [1.82, 2.24) is 0 Å². The van der Waals surface area contributed by atoms with E-state index in [4.69, 9.17) is 0 Å². The Labute approximate surface area is 121 Å². The van der Waals surface area contributed by atoms with Crippen molar-refractivity contribution in [2.24, 2.45) is 0 Å². The van der Waals surface area contributed by atoms with Crippen molar-refractivity contribution < 1.29 is 18.3 Å². The summed E-state index contributed by atoms with van der Waals surface area (Å²) in [4.78, 5) is 11.4. The van der Waals surface area contributed by atoms with Crippen LogP contribution in [0.1, 0.15) is 21.5 Å². The summed E-state index contributed by atoms with van der Waals surface area (Å²) in [6.45, 7) is 2.31. The van der Waals surface area contributed by atoms with E-state index in [-0.39, 0.29) is 11.3 Å². The molecule has 21 heavy (non-hydrogen) atoms. The van der Waals surface area contributed by atoms with E-state index >= 15 is 0 Å². The van der Waals surface area contributed by atoms with Crippen LogP contribution in [0.4, 0.5) is 14.5 Å². The maximum absolute atomic E-state index is 13.7. The van der Waals surface area contributed by atoms with E-state index in [1.165, 1.54) is 0 Å². The predicted molar refractivity (Wildman–Crippen MR) is 76.2 cm³/mol. The summed E-state index contributed by atoms with van der Waals surface area (Å²) in [7, 11) is 1.14. The van der Waals surface area contributed by atoms with E-state index in [1.807, 2.05) is 31.2 Å². The van der Waals surface area contributed by atoms with Crippen LogP contribution in [0.3, 0.4) is 0 Å². The number of carbonyl (C=O) groups is 1.